The van der Waals surface area contributed by atoms with Gasteiger partial charge in [-0.15, -0.1) is 0 Å². The van der Waals surface area contributed by atoms with Crippen LogP contribution in [-0.4, -0.2) is 19.8 Å². The van der Waals surface area contributed by atoms with E-state index < -0.39 is 0 Å². The molecular formula is C14H23NO. The minimum Gasteiger partial charge on any atom is -0.383 e. The van der Waals surface area contributed by atoms with Gasteiger partial charge in [-0.2, -0.15) is 0 Å². The second kappa shape index (κ2) is 7.29. The van der Waals surface area contributed by atoms with Gasteiger partial charge in [0.1, 0.15) is 0 Å². The third-order valence-corrected chi connectivity index (χ3v) is 2.47. The Bertz CT molecular complexity index is 279. The average molecular weight is 221 g/mol. The van der Waals surface area contributed by atoms with Crippen molar-refractivity contribution in [2.45, 2.75) is 27.2 Å². The molecule has 0 bridgehead atoms. The first-order valence-electron chi connectivity index (χ1n) is 6.07. The Morgan fingerprint density at radius 3 is 2.44 bits per heavy atom. The standard InChI is InChI=1S/C14H23NO/c1-12(2)8-10-16-11-9-15-14-6-4-13(3)5-7-14/h4-7,12,15H,8-11H2,1-3H3. The van der Waals surface area contributed by atoms with Crippen LogP contribution in [-0.2, 0) is 4.74 Å². The zero-order valence-electron chi connectivity index (χ0n) is 10.6. The molecule has 0 saturated carbocycles. The summed E-state index contributed by atoms with van der Waals surface area (Å²) in [6, 6.07) is 8.43. The molecule has 0 aromatic heterocycles. The predicted octanol–water partition coefficient (Wildman–Crippen LogP) is 3.47. The molecule has 0 amide bonds. The first-order valence-corrected chi connectivity index (χ1v) is 6.07. The molecule has 0 atom stereocenters. The van der Waals surface area contributed by atoms with Gasteiger partial charge in [-0.05, 0) is 31.4 Å². The molecule has 0 heterocycles. The number of hydrogen-bond donors (Lipinski definition) is 1. The molecule has 0 aliphatic rings. The van der Waals surface area contributed by atoms with E-state index in [1.807, 2.05) is 0 Å². The first-order chi connectivity index (χ1) is 7.68. The fraction of sp³-hybridized carbons (Fsp3) is 0.571. The zero-order valence-corrected chi connectivity index (χ0v) is 10.6. The van der Waals surface area contributed by atoms with E-state index in [1.165, 1.54) is 5.56 Å². The van der Waals surface area contributed by atoms with Crippen LogP contribution in [0, 0.1) is 12.8 Å². The Morgan fingerprint density at radius 2 is 1.81 bits per heavy atom. The number of aryl methyl sites for hydroxylation is 1. The van der Waals surface area contributed by atoms with E-state index in [-0.39, 0.29) is 0 Å². The van der Waals surface area contributed by atoms with Crippen LogP contribution in [0.25, 0.3) is 0 Å². The topological polar surface area (TPSA) is 21.3 Å². The van der Waals surface area contributed by atoms with Gasteiger partial charge in [0.05, 0.1) is 6.61 Å². The van der Waals surface area contributed by atoms with Gasteiger partial charge >= 0.3 is 0 Å². The van der Waals surface area contributed by atoms with Crippen molar-refractivity contribution in [2.24, 2.45) is 5.92 Å². The second-order valence-corrected chi connectivity index (χ2v) is 4.59. The van der Waals surface area contributed by atoms with Crippen molar-refractivity contribution in [3.8, 4) is 0 Å². The summed E-state index contributed by atoms with van der Waals surface area (Å²) in [5.74, 6) is 0.727. The fourth-order valence-electron chi connectivity index (χ4n) is 1.36. The summed E-state index contributed by atoms with van der Waals surface area (Å²) < 4.78 is 5.53. The molecule has 2 nitrogen and oxygen atoms in total. The molecule has 0 radical (unpaired) electrons. The molecule has 1 rings (SSSR count). The lowest BCUT2D eigenvalue weighted by atomic mass is 10.1. The molecule has 0 saturated heterocycles. The summed E-state index contributed by atoms with van der Waals surface area (Å²) in [5.41, 5.74) is 2.46. The number of rotatable bonds is 7. The zero-order chi connectivity index (χ0) is 11.8. The Morgan fingerprint density at radius 1 is 1.12 bits per heavy atom. The van der Waals surface area contributed by atoms with Crippen molar-refractivity contribution in [3.05, 3.63) is 29.8 Å². The summed E-state index contributed by atoms with van der Waals surface area (Å²) in [5, 5.41) is 3.33. The molecule has 0 aliphatic carbocycles. The van der Waals surface area contributed by atoms with Gasteiger partial charge in [-0.25, -0.2) is 0 Å². The molecule has 0 unspecified atom stereocenters. The minimum absolute atomic E-state index is 0.727. The lowest BCUT2D eigenvalue weighted by molar-refractivity contribution is 0.132. The van der Waals surface area contributed by atoms with E-state index in [1.54, 1.807) is 0 Å². The molecule has 16 heavy (non-hydrogen) atoms. The third kappa shape index (κ3) is 5.76. The Balaban J connectivity index is 2.05. The van der Waals surface area contributed by atoms with E-state index in [2.05, 4.69) is 50.4 Å². The number of benzene rings is 1. The van der Waals surface area contributed by atoms with Crippen LogP contribution in [0.1, 0.15) is 25.8 Å². The number of anilines is 1. The highest BCUT2D eigenvalue weighted by Gasteiger charge is 1.94. The maximum atomic E-state index is 5.53. The van der Waals surface area contributed by atoms with Gasteiger partial charge in [0.25, 0.3) is 0 Å². The van der Waals surface area contributed by atoms with Gasteiger partial charge in [0.2, 0.25) is 0 Å². The monoisotopic (exact) mass is 221 g/mol. The van der Waals surface area contributed by atoms with Crippen molar-refractivity contribution >= 4 is 5.69 Å². The van der Waals surface area contributed by atoms with E-state index in [4.69, 9.17) is 4.74 Å². The summed E-state index contributed by atoms with van der Waals surface area (Å²) >= 11 is 0. The van der Waals surface area contributed by atoms with E-state index in [9.17, 15) is 0 Å². The van der Waals surface area contributed by atoms with Crippen LogP contribution in [0.15, 0.2) is 24.3 Å². The number of hydrogen-bond acceptors (Lipinski definition) is 2. The lowest BCUT2D eigenvalue weighted by Gasteiger charge is -2.08. The molecular weight excluding hydrogens is 198 g/mol. The van der Waals surface area contributed by atoms with Gasteiger partial charge in [-0.3, -0.25) is 0 Å². The van der Waals surface area contributed by atoms with E-state index >= 15 is 0 Å². The highest BCUT2D eigenvalue weighted by Crippen LogP contribution is 2.07. The van der Waals surface area contributed by atoms with Gasteiger partial charge in [0, 0.05) is 18.8 Å². The maximum absolute atomic E-state index is 5.53. The van der Waals surface area contributed by atoms with Gasteiger partial charge < -0.3 is 10.1 Å². The van der Waals surface area contributed by atoms with Crippen LogP contribution >= 0.6 is 0 Å². The van der Waals surface area contributed by atoms with Crippen LogP contribution < -0.4 is 5.32 Å². The van der Waals surface area contributed by atoms with Gasteiger partial charge in [-0.1, -0.05) is 31.5 Å². The van der Waals surface area contributed by atoms with E-state index in [0.29, 0.717) is 0 Å². The molecule has 0 aliphatic heterocycles. The molecule has 1 aromatic rings. The fourth-order valence-corrected chi connectivity index (χ4v) is 1.36. The third-order valence-electron chi connectivity index (χ3n) is 2.47. The molecule has 90 valence electrons. The molecule has 2 heteroatoms. The Hall–Kier alpha value is -1.02. The van der Waals surface area contributed by atoms with E-state index in [0.717, 1.165) is 37.8 Å². The van der Waals surface area contributed by atoms with Crippen LogP contribution in [0.2, 0.25) is 0 Å². The van der Waals surface area contributed by atoms with Crippen molar-refractivity contribution in [1.29, 1.82) is 0 Å². The highest BCUT2D eigenvalue weighted by molar-refractivity contribution is 5.44. The summed E-state index contributed by atoms with van der Waals surface area (Å²) in [6.45, 7) is 9.05. The molecule has 0 fully saturated rings. The van der Waals surface area contributed by atoms with Crippen molar-refractivity contribution in [3.63, 3.8) is 0 Å². The normalized spacial score (nSPS) is 10.8. The summed E-state index contributed by atoms with van der Waals surface area (Å²) in [4.78, 5) is 0. The molecule has 0 spiro atoms. The quantitative estimate of drug-likeness (QED) is 0.712. The smallest absolute Gasteiger partial charge is 0.0639 e. The van der Waals surface area contributed by atoms with Gasteiger partial charge in [0.15, 0.2) is 0 Å². The second-order valence-electron chi connectivity index (χ2n) is 4.59. The summed E-state index contributed by atoms with van der Waals surface area (Å²) in [7, 11) is 0. The Kier molecular flexibility index (Phi) is 5.94. The van der Waals surface area contributed by atoms with Crippen molar-refractivity contribution in [2.75, 3.05) is 25.1 Å². The van der Waals surface area contributed by atoms with Crippen LogP contribution in [0.4, 0.5) is 5.69 Å². The van der Waals surface area contributed by atoms with Crippen LogP contribution in [0.5, 0.6) is 0 Å². The number of ether oxygens (including phenoxy) is 1. The lowest BCUT2D eigenvalue weighted by Crippen LogP contribution is -2.10. The highest BCUT2D eigenvalue weighted by atomic mass is 16.5. The SMILES string of the molecule is Cc1ccc(NCCOCCC(C)C)cc1. The predicted molar refractivity (Wildman–Crippen MR) is 69.9 cm³/mol. The average Bonchev–Trinajstić information content (AvgIpc) is 2.25. The van der Waals surface area contributed by atoms with Crippen LogP contribution in [0.3, 0.4) is 0 Å². The summed E-state index contributed by atoms with van der Waals surface area (Å²) in [6.07, 6.45) is 1.14. The number of nitrogens with one attached hydrogen (secondary N) is 1. The minimum atomic E-state index is 0.727. The van der Waals surface area contributed by atoms with Crippen molar-refractivity contribution in [1.82, 2.24) is 0 Å². The first kappa shape index (κ1) is 13.0. The largest absolute Gasteiger partial charge is 0.383 e. The van der Waals surface area contributed by atoms with Crippen molar-refractivity contribution < 1.29 is 4.74 Å². The maximum Gasteiger partial charge on any atom is 0.0639 e. The molecule has 1 aromatic carbocycles. The molecule has 1 N–H and O–H groups in total. The Labute approximate surface area is 99.0 Å².